The lowest BCUT2D eigenvalue weighted by molar-refractivity contribution is -0.130. The maximum Gasteiger partial charge on any atom is 0.249 e. The number of aryl methyl sites for hydroxylation is 1. The maximum absolute atomic E-state index is 12.0. The van der Waals surface area contributed by atoms with Crippen molar-refractivity contribution in [1.82, 2.24) is 9.88 Å². The molecule has 1 fully saturated rings. The second-order valence-electron chi connectivity index (χ2n) is 5.36. The van der Waals surface area contributed by atoms with Crippen molar-refractivity contribution in [2.75, 3.05) is 6.61 Å². The number of para-hydroxylation sites is 1. The van der Waals surface area contributed by atoms with Crippen molar-refractivity contribution >= 4 is 16.8 Å². The molecule has 1 N–H and O–H groups in total. The van der Waals surface area contributed by atoms with Crippen molar-refractivity contribution < 1.29 is 9.53 Å². The molecule has 20 heavy (non-hydrogen) atoms. The molecule has 2 heterocycles. The van der Waals surface area contributed by atoms with E-state index in [9.17, 15) is 4.79 Å². The number of aromatic nitrogens is 1. The van der Waals surface area contributed by atoms with Crippen molar-refractivity contribution in [1.29, 1.82) is 0 Å². The monoisotopic (exact) mass is 272 g/mol. The quantitative estimate of drug-likeness (QED) is 0.931. The zero-order valence-corrected chi connectivity index (χ0v) is 12.0. The molecule has 0 spiro atoms. The fraction of sp³-hybridized carbons (Fsp3) is 0.438. The molecular weight excluding hydrogens is 252 g/mol. The SMILES string of the molecule is Cc1c(CNC(=O)C2CCCO2)c2ccccc2n1C. The summed E-state index contributed by atoms with van der Waals surface area (Å²) in [6, 6.07) is 8.29. The Morgan fingerprint density at radius 3 is 3.00 bits per heavy atom. The number of nitrogens with one attached hydrogen (secondary N) is 1. The molecule has 1 aromatic carbocycles. The second kappa shape index (κ2) is 5.29. The van der Waals surface area contributed by atoms with E-state index in [4.69, 9.17) is 4.74 Å². The fourth-order valence-electron chi connectivity index (χ4n) is 2.90. The number of rotatable bonds is 3. The van der Waals surface area contributed by atoms with Crippen LogP contribution >= 0.6 is 0 Å². The van der Waals surface area contributed by atoms with Crippen LogP contribution < -0.4 is 5.32 Å². The van der Waals surface area contributed by atoms with E-state index in [1.165, 1.54) is 22.2 Å². The number of nitrogens with zero attached hydrogens (tertiary/aromatic N) is 1. The van der Waals surface area contributed by atoms with Gasteiger partial charge in [-0.2, -0.15) is 0 Å². The molecule has 106 valence electrons. The van der Waals surface area contributed by atoms with Gasteiger partial charge in [0, 0.05) is 36.8 Å². The van der Waals surface area contributed by atoms with Gasteiger partial charge in [-0.25, -0.2) is 0 Å². The van der Waals surface area contributed by atoms with Gasteiger partial charge in [0.2, 0.25) is 5.91 Å². The first-order chi connectivity index (χ1) is 9.68. The van der Waals surface area contributed by atoms with E-state index >= 15 is 0 Å². The molecule has 4 heteroatoms. The molecule has 2 aromatic rings. The van der Waals surface area contributed by atoms with Gasteiger partial charge in [-0.3, -0.25) is 4.79 Å². The van der Waals surface area contributed by atoms with Crippen LogP contribution in [0.3, 0.4) is 0 Å². The van der Waals surface area contributed by atoms with Crippen LogP contribution in [0.5, 0.6) is 0 Å². The third-order valence-electron chi connectivity index (χ3n) is 4.19. The Bertz CT molecular complexity index is 639. The standard InChI is InChI=1S/C16H20N2O2/c1-11-13(10-17-16(19)15-8-5-9-20-15)12-6-3-4-7-14(12)18(11)2/h3-4,6-7,15H,5,8-10H2,1-2H3,(H,17,19). The van der Waals surface area contributed by atoms with Crippen molar-refractivity contribution in [3.8, 4) is 0 Å². The van der Waals surface area contributed by atoms with Crippen molar-refractivity contribution in [3.63, 3.8) is 0 Å². The van der Waals surface area contributed by atoms with Crippen LogP contribution in [0.4, 0.5) is 0 Å². The van der Waals surface area contributed by atoms with Crippen LogP contribution in [0, 0.1) is 6.92 Å². The molecule has 1 atom stereocenters. The summed E-state index contributed by atoms with van der Waals surface area (Å²) in [5.41, 5.74) is 3.58. The second-order valence-corrected chi connectivity index (χ2v) is 5.36. The zero-order valence-electron chi connectivity index (χ0n) is 12.0. The van der Waals surface area contributed by atoms with Gasteiger partial charge in [0.1, 0.15) is 6.10 Å². The molecule has 1 aromatic heterocycles. The van der Waals surface area contributed by atoms with Crippen LogP contribution in [0.1, 0.15) is 24.1 Å². The summed E-state index contributed by atoms with van der Waals surface area (Å²) in [5, 5.41) is 4.22. The molecule has 1 aliphatic rings. The Balaban J connectivity index is 1.80. The highest BCUT2D eigenvalue weighted by molar-refractivity contribution is 5.86. The van der Waals surface area contributed by atoms with Gasteiger partial charge in [-0.15, -0.1) is 0 Å². The van der Waals surface area contributed by atoms with Gasteiger partial charge in [0.25, 0.3) is 0 Å². The number of carbonyl (C=O) groups is 1. The van der Waals surface area contributed by atoms with Gasteiger partial charge >= 0.3 is 0 Å². The molecule has 0 aliphatic carbocycles. The summed E-state index contributed by atoms with van der Waals surface area (Å²) in [6.07, 6.45) is 1.55. The van der Waals surface area contributed by atoms with Gasteiger partial charge < -0.3 is 14.6 Å². The van der Waals surface area contributed by atoms with E-state index in [0.717, 1.165) is 12.8 Å². The van der Waals surface area contributed by atoms with Crippen molar-refractivity contribution in [2.45, 2.75) is 32.4 Å². The third-order valence-corrected chi connectivity index (χ3v) is 4.19. The molecule has 3 rings (SSSR count). The molecule has 0 saturated carbocycles. The highest BCUT2D eigenvalue weighted by Gasteiger charge is 2.23. The minimum absolute atomic E-state index is 0.00911. The number of ether oxygens (including phenoxy) is 1. The first-order valence-electron chi connectivity index (χ1n) is 7.10. The van der Waals surface area contributed by atoms with E-state index in [0.29, 0.717) is 13.2 Å². The molecule has 1 aliphatic heterocycles. The number of hydrogen-bond donors (Lipinski definition) is 1. The lowest BCUT2D eigenvalue weighted by Crippen LogP contribution is -2.33. The smallest absolute Gasteiger partial charge is 0.249 e. The van der Waals surface area contributed by atoms with Gasteiger partial charge in [-0.05, 0) is 31.4 Å². The van der Waals surface area contributed by atoms with E-state index in [-0.39, 0.29) is 12.0 Å². The average Bonchev–Trinajstić information content (AvgIpc) is 3.07. The van der Waals surface area contributed by atoms with Gasteiger partial charge in [0.15, 0.2) is 0 Å². The van der Waals surface area contributed by atoms with Crippen molar-refractivity contribution in [3.05, 3.63) is 35.5 Å². The molecule has 0 radical (unpaired) electrons. The molecular formula is C16H20N2O2. The van der Waals surface area contributed by atoms with Crippen molar-refractivity contribution in [2.24, 2.45) is 7.05 Å². The zero-order chi connectivity index (χ0) is 14.1. The Morgan fingerprint density at radius 1 is 1.45 bits per heavy atom. The predicted molar refractivity (Wildman–Crippen MR) is 78.5 cm³/mol. The Kier molecular flexibility index (Phi) is 3.49. The largest absolute Gasteiger partial charge is 0.368 e. The minimum atomic E-state index is -0.259. The Morgan fingerprint density at radius 2 is 2.25 bits per heavy atom. The first kappa shape index (κ1) is 13.2. The predicted octanol–water partition coefficient (Wildman–Crippen LogP) is 2.28. The summed E-state index contributed by atoms with van der Waals surface area (Å²) in [4.78, 5) is 12.0. The summed E-state index contributed by atoms with van der Waals surface area (Å²) in [6.45, 7) is 3.35. The third kappa shape index (κ3) is 2.20. The molecule has 1 amide bonds. The van der Waals surface area contributed by atoms with Crippen LogP contribution in [0.2, 0.25) is 0 Å². The van der Waals surface area contributed by atoms with Crippen LogP contribution in [0.25, 0.3) is 10.9 Å². The van der Waals surface area contributed by atoms with E-state index in [1.807, 2.05) is 12.1 Å². The summed E-state index contributed by atoms with van der Waals surface area (Å²) < 4.78 is 7.58. The van der Waals surface area contributed by atoms with Gasteiger partial charge in [0.05, 0.1) is 0 Å². The average molecular weight is 272 g/mol. The van der Waals surface area contributed by atoms with Crippen LogP contribution in [0.15, 0.2) is 24.3 Å². The number of benzene rings is 1. The lowest BCUT2D eigenvalue weighted by atomic mass is 10.1. The normalized spacial score (nSPS) is 18.6. The lowest BCUT2D eigenvalue weighted by Gasteiger charge is -2.10. The summed E-state index contributed by atoms with van der Waals surface area (Å²) in [7, 11) is 2.06. The summed E-state index contributed by atoms with van der Waals surface area (Å²) in [5.74, 6) is 0.00911. The number of carbonyl (C=O) groups excluding carboxylic acids is 1. The molecule has 4 nitrogen and oxygen atoms in total. The minimum Gasteiger partial charge on any atom is -0.368 e. The molecule has 1 saturated heterocycles. The number of hydrogen-bond acceptors (Lipinski definition) is 2. The topological polar surface area (TPSA) is 43.3 Å². The number of fused-ring (bicyclic) bond motifs is 1. The Labute approximate surface area is 118 Å². The van der Waals surface area contributed by atoms with E-state index in [2.05, 4.69) is 36.0 Å². The maximum atomic E-state index is 12.0. The highest BCUT2D eigenvalue weighted by Crippen LogP contribution is 2.24. The van der Waals surface area contributed by atoms with E-state index in [1.54, 1.807) is 0 Å². The summed E-state index contributed by atoms with van der Waals surface area (Å²) >= 11 is 0. The van der Waals surface area contributed by atoms with E-state index < -0.39 is 0 Å². The molecule has 1 unspecified atom stereocenters. The fourth-order valence-corrected chi connectivity index (χ4v) is 2.90. The first-order valence-corrected chi connectivity index (χ1v) is 7.10. The Hall–Kier alpha value is -1.81. The number of amides is 1. The van der Waals surface area contributed by atoms with Gasteiger partial charge in [-0.1, -0.05) is 18.2 Å². The highest BCUT2D eigenvalue weighted by atomic mass is 16.5. The van der Waals surface area contributed by atoms with Crippen LogP contribution in [-0.2, 0) is 23.1 Å². The van der Waals surface area contributed by atoms with Crippen LogP contribution in [-0.4, -0.2) is 23.2 Å². The molecule has 0 bridgehead atoms.